The second kappa shape index (κ2) is 5.92. The van der Waals surface area contributed by atoms with Gasteiger partial charge in [-0.3, -0.25) is 4.79 Å². The summed E-state index contributed by atoms with van der Waals surface area (Å²) in [7, 11) is 4.68. The van der Waals surface area contributed by atoms with Crippen LogP contribution in [0.5, 0.6) is 11.5 Å². The summed E-state index contributed by atoms with van der Waals surface area (Å²) in [5, 5.41) is 0. The highest BCUT2D eigenvalue weighted by molar-refractivity contribution is 9.10. The molecule has 1 aliphatic carbocycles. The van der Waals surface area contributed by atoms with Crippen molar-refractivity contribution in [2.24, 2.45) is 5.92 Å². The summed E-state index contributed by atoms with van der Waals surface area (Å²) in [6, 6.07) is 3.47. The number of halogens is 1. The molecule has 104 valence electrons. The van der Waals surface area contributed by atoms with Gasteiger partial charge in [0.05, 0.1) is 19.8 Å². The third-order valence-electron chi connectivity index (χ3n) is 3.31. The number of carbonyl (C=O) groups excluding carboxylic acids is 1. The van der Waals surface area contributed by atoms with Gasteiger partial charge >= 0.3 is 0 Å². The van der Waals surface area contributed by atoms with Crippen LogP contribution in [0.4, 0.5) is 0 Å². The van der Waals surface area contributed by atoms with E-state index in [1.165, 1.54) is 7.11 Å². The molecular weight excluding hydrogens is 312 g/mol. The van der Waals surface area contributed by atoms with Gasteiger partial charge in [-0.1, -0.05) is 0 Å². The molecule has 0 amide bonds. The molecule has 19 heavy (non-hydrogen) atoms. The van der Waals surface area contributed by atoms with E-state index in [0.29, 0.717) is 27.5 Å². The summed E-state index contributed by atoms with van der Waals surface area (Å²) < 4.78 is 16.5. The minimum Gasteiger partial charge on any atom is -0.495 e. The fourth-order valence-corrected chi connectivity index (χ4v) is 2.82. The Morgan fingerprint density at radius 3 is 2.42 bits per heavy atom. The quantitative estimate of drug-likeness (QED) is 0.753. The van der Waals surface area contributed by atoms with E-state index in [0.717, 1.165) is 12.8 Å². The number of ketones is 1. The Hall–Kier alpha value is -1.07. The Balaban J connectivity index is 2.38. The van der Waals surface area contributed by atoms with Gasteiger partial charge in [-0.15, -0.1) is 0 Å². The van der Waals surface area contributed by atoms with Crippen LogP contribution in [0.3, 0.4) is 0 Å². The Morgan fingerprint density at radius 2 is 1.95 bits per heavy atom. The molecule has 1 unspecified atom stereocenters. The van der Waals surface area contributed by atoms with E-state index in [-0.39, 0.29) is 11.9 Å². The SMILES string of the molecule is COc1ccc(C(=O)C(OC)C2CC2)c(OC)c1Br. The zero-order valence-corrected chi connectivity index (χ0v) is 12.8. The second-order valence-corrected chi connectivity index (χ2v) is 5.31. The van der Waals surface area contributed by atoms with E-state index in [2.05, 4.69) is 15.9 Å². The smallest absolute Gasteiger partial charge is 0.195 e. The molecule has 0 N–H and O–H groups in total. The number of benzene rings is 1. The van der Waals surface area contributed by atoms with Gasteiger partial charge in [0.1, 0.15) is 22.1 Å². The van der Waals surface area contributed by atoms with Crippen molar-refractivity contribution in [3.8, 4) is 11.5 Å². The summed E-state index contributed by atoms with van der Waals surface area (Å²) in [4.78, 5) is 12.5. The first-order valence-corrected chi connectivity index (χ1v) is 6.90. The molecule has 0 heterocycles. The number of rotatable bonds is 6. The van der Waals surface area contributed by atoms with Gasteiger partial charge in [-0.25, -0.2) is 0 Å². The maximum absolute atomic E-state index is 12.5. The molecule has 0 saturated heterocycles. The van der Waals surface area contributed by atoms with Gasteiger partial charge in [-0.05, 0) is 46.8 Å². The molecule has 4 nitrogen and oxygen atoms in total. The van der Waals surface area contributed by atoms with Crippen molar-refractivity contribution in [3.05, 3.63) is 22.2 Å². The normalized spacial score (nSPS) is 16.0. The number of ether oxygens (including phenoxy) is 3. The molecule has 0 bridgehead atoms. The van der Waals surface area contributed by atoms with Gasteiger partial charge in [0.25, 0.3) is 0 Å². The largest absolute Gasteiger partial charge is 0.495 e. The van der Waals surface area contributed by atoms with E-state index in [9.17, 15) is 4.79 Å². The summed E-state index contributed by atoms with van der Waals surface area (Å²) in [6.07, 6.45) is 1.71. The minimum atomic E-state index is -0.380. The molecule has 0 spiro atoms. The predicted octanol–water partition coefficient (Wildman–Crippen LogP) is 3.07. The van der Waals surface area contributed by atoms with Crippen molar-refractivity contribution in [1.29, 1.82) is 0 Å². The maximum atomic E-state index is 12.5. The molecule has 1 saturated carbocycles. The van der Waals surface area contributed by atoms with Crippen LogP contribution in [0.25, 0.3) is 0 Å². The third kappa shape index (κ3) is 2.77. The lowest BCUT2D eigenvalue weighted by atomic mass is 10.0. The first kappa shape index (κ1) is 14.3. The molecule has 1 fully saturated rings. The second-order valence-electron chi connectivity index (χ2n) is 4.52. The standard InChI is InChI=1S/C14H17BrO4/c1-17-10-7-6-9(14(19-3)11(10)15)12(16)13(18-2)8-4-5-8/h6-8,13H,4-5H2,1-3H3. The lowest BCUT2D eigenvalue weighted by Crippen LogP contribution is -2.25. The molecular formula is C14H17BrO4. The van der Waals surface area contributed by atoms with Crippen molar-refractivity contribution in [3.63, 3.8) is 0 Å². The summed E-state index contributed by atoms with van der Waals surface area (Å²) in [5.41, 5.74) is 0.522. The van der Waals surface area contributed by atoms with E-state index >= 15 is 0 Å². The molecule has 1 atom stereocenters. The number of methoxy groups -OCH3 is 3. The fraction of sp³-hybridized carbons (Fsp3) is 0.500. The highest BCUT2D eigenvalue weighted by Crippen LogP contribution is 2.40. The zero-order chi connectivity index (χ0) is 14.0. The molecule has 1 aromatic carbocycles. The maximum Gasteiger partial charge on any atom is 0.195 e. The van der Waals surface area contributed by atoms with Crippen LogP contribution in [0.2, 0.25) is 0 Å². The van der Waals surface area contributed by atoms with Crippen LogP contribution in [-0.2, 0) is 4.74 Å². The molecule has 5 heteroatoms. The van der Waals surface area contributed by atoms with Crippen LogP contribution in [0.1, 0.15) is 23.2 Å². The van der Waals surface area contributed by atoms with E-state index in [4.69, 9.17) is 14.2 Å². The fourth-order valence-electron chi connectivity index (χ4n) is 2.16. The third-order valence-corrected chi connectivity index (χ3v) is 4.06. The van der Waals surface area contributed by atoms with Crippen molar-refractivity contribution < 1.29 is 19.0 Å². The van der Waals surface area contributed by atoms with E-state index < -0.39 is 0 Å². The van der Waals surface area contributed by atoms with E-state index in [1.54, 1.807) is 26.4 Å². The highest BCUT2D eigenvalue weighted by Gasteiger charge is 2.38. The number of carbonyl (C=O) groups is 1. The number of hydrogen-bond acceptors (Lipinski definition) is 4. The molecule has 1 aliphatic rings. The van der Waals surface area contributed by atoms with E-state index in [1.807, 2.05) is 0 Å². The van der Waals surface area contributed by atoms with Crippen molar-refractivity contribution in [2.45, 2.75) is 18.9 Å². The summed E-state index contributed by atoms with van der Waals surface area (Å²) in [5.74, 6) is 1.43. The van der Waals surface area contributed by atoms with Crippen molar-refractivity contribution in [2.75, 3.05) is 21.3 Å². The summed E-state index contributed by atoms with van der Waals surface area (Å²) in [6.45, 7) is 0. The zero-order valence-electron chi connectivity index (χ0n) is 11.2. The topological polar surface area (TPSA) is 44.8 Å². The first-order valence-electron chi connectivity index (χ1n) is 6.11. The first-order chi connectivity index (χ1) is 9.13. The van der Waals surface area contributed by atoms with Crippen molar-refractivity contribution >= 4 is 21.7 Å². The van der Waals surface area contributed by atoms with Crippen LogP contribution < -0.4 is 9.47 Å². The Morgan fingerprint density at radius 1 is 1.26 bits per heavy atom. The molecule has 0 aromatic heterocycles. The lowest BCUT2D eigenvalue weighted by molar-refractivity contribution is 0.0537. The molecule has 2 rings (SSSR count). The Bertz CT molecular complexity index is 483. The molecule has 0 radical (unpaired) electrons. The van der Waals surface area contributed by atoms with Gasteiger partial charge in [0.15, 0.2) is 5.78 Å². The van der Waals surface area contributed by atoms with Gasteiger partial charge in [0, 0.05) is 7.11 Å². The van der Waals surface area contributed by atoms with Crippen molar-refractivity contribution in [1.82, 2.24) is 0 Å². The number of Topliss-reactive ketones (excluding diaryl/α,β-unsaturated/α-hetero) is 1. The van der Waals surface area contributed by atoms with Gasteiger partial charge in [-0.2, -0.15) is 0 Å². The Labute approximate surface area is 121 Å². The molecule has 1 aromatic rings. The Kier molecular flexibility index (Phi) is 4.47. The average Bonchev–Trinajstić information content (AvgIpc) is 3.23. The highest BCUT2D eigenvalue weighted by atomic mass is 79.9. The molecule has 0 aliphatic heterocycles. The van der Waals surface area contributed by atoms with Crippen LogP contribution in [0.15, 0.2) is 16.6 Å². The minimum absolute atomic E-state index is 0.0368. The van der Waals surface area contributed by atoms with Crippen LogP contribution in [-0.4, -0.2) is 33.2 Å². The number of hydrogen-bond donors (Lipinski definition) is 0. The van der Waals surface area contributed by atoms with Crippen LogP contribution >= 0.6 is 15.9 Å². The predicted molar refractivity (Wildman–Crippen MR) is 75.1 cm³/mol. The van der Waals surface area contributed by atoms with Gasteiger partial charge < -0.3 is 14.2 Å². The summed E-state index contributed by atoms with van der Waals surface area (Å²) >= 11 is 3.40. The monoisotopic (exact) mass is 328 g/mol. The van der Waals surface area contributed by atoms with Crippen LogP contribution in [0, 0.1) is 5.92 Å². The average molecular weight is 329 g/mol. The lowest BCUT2D eigenvalue weighted by Gasteiger charge is -2.17. The van der Waals surface area contributed by atoms with Gasteiger partial charge in [0.2, 0.25) is 0 Å².